The molecule has 0 heteroatoms. The van der Waals surface area contributed by atoms with Crippen molar-refractivity contribution in [3.63, 3.8) is 0 Å². The quantitative estimate of drug-likeness (QED) is 0.173. The predicted molar refractivity (Wildman–Crippen MR) is 217 cm³/mol. The molecule has 9 rings (SSSR count). The van der Waals surface area contributed by atoms with Crippen molar-refractivity contribution in [1.29, 1.82) is 0 Å². The van der Waals surface area contributed by atoms with E-state index in [9.17, 15) is 0 Å². The van der Waals surface area contributed by atoms with E-state index in [1.807, 2.05) is 0 Å². The van der Waals surface area contributed by atoms with Gasteiger partial charge in [0.15, 0.2) is 0 Å². The fourth-order valence-electron chi connectivity index (χ4n) is 9.05. The molecular weight excluding hydrogens is 613 g/mol. The van der Waals surface area contributed by atoms with Crippen LogP contribution in [0.25, 0.3) is 55.6 Å². The van der Waals surface area contributed by atoms with Gasteiger partial charge in [-0.2, -0.15) is 0 Å². The molecule has 0 aliphatic heterocycles. The van der Waals surface area contributed by atoms with Gasteiger partial charge in [-0.1, -0.05) is 167 Å². The average molecular weight is 657 g/mol. The molecule has 0 spiro atoms. The molecule has 0 bridgehead atoms. The zero-order chi connectivity index (χ0) is 35.1. The Morgan fingerprint density at radius 3 is 1.80 bits per heavy atom. The van der Waals surface area contributed by atoms with Crippen LogP contribution in [-0.4, -0.2) is 0 Å². The van der Waals surface area contributed by atoms with E-state index in [1.54, 1.807) is 0 Å². The summed E-state index contributed by atoms with van der Waals surface area (Å²) in [5.41, 5.74) is 24.2. The number of aryl methyl sites for hydroxylation is 2. The molecule has 7 aromatic carbocycles. The standard InChI is InChI=1S/C51H44/c1-32-19-22-35(23-20-32)37-24-26-40(39-16-11-10-13-33(39)2)38(29-37)27-34-21-25-42-43-30-48-44(31-47(43)51(5,6)46(42)28-34)49-41(36-14-8-7-9-15-36)17-12-18-45(49)50(48,3)4/h7-26,28-31H,27H2,1-6H3. The maximum atomic E-state index is 2.55. The second-order valence-corrected chi connectivity index (χ2v) is 15.9. The molecule has 0 aromatic heterocycles. The molecule has 0 nitrogen and oxygen atoms in total. The van der Waals surface area contributed by atoms with Gasteiger partial charge in [0.2, 0.25) is 0 Å². The van der Waals surface area contributed by atoms with Crippen molar-refractivity contribution in [2.24, 2.45) is 0 Å². The predicted octanol–water partition coefficient (Wildman–Crippen LogP) is 13.5. The summed E-state index contributed by atoms with van der Waals surface area (Å²) in [6, 6.07) is 54.9. The maximum Gasteiger partial charge on any atom is 0.0159 e. The molecule has 0 saturated carbocycles. The van der Waals surface area contributed by atoms with Crippen molar-refractivity contribution in [2.45, 2.75) is 58.8 Å². The topological polar surface area (TPSA) is 0 Å². The summed E-state index contributed by atoms with van der Waals surface area (Å²) in [6.45, 7) is 14.0. The Morgan fingerprint density at radius 2 is 1.02 bits per heavy atom. The number of rotatable bonds is 5. The Bertz CT molecular complexity index is 2490. The van der Waals surface area contributed by atoms with Crippen molar-refractivity contribution in [3.8, 4) is 55.6 Å². The lowest BCUT2D eigenvalue weighted by Crippen LogP contribution is -2.17. The van der Waals surface area contributed by atoms with E-state index in [-0.39, 0.29) is 10.8 Å². The van der Waals surface area contributed by atoms with Crippen molar-refractivity contribution in [1.82, 2.24) is 0 Å². The van der Waals surface area contributed by atoms with E-state index in [1.165, 1.54) is 100 Å². The molecule has 2 aliphatic rings. The Morgan fingerprint density at radius 1 is 0.392 bits per heavy atom. The minimum atomic E-state index is -0.118. The van der Waals surface area contributed by atoms with Crippen LogP contribution >= 0.6 is 0 Å². The SMILES string of the molecule is Cc1ccc(-c2ccc(-c3ccccc3C)c(Cc3ccc4c(c3)C(C)(C)c3cc5c(cc3-4)C(C)(C)c3cccc(-c4ccccc4)c3-5)c2)cc1. The van der Waals surface area contributed by atoms with Gasteiger partial charge >= 0.3 is 0 Å². The second-order valence-electron chi connectivity index (χ2n) is 15.9. The zero-order valence-electron chi connectivity index (χ0n) is 30.6. The van der Waals surface area contributed by atoms with Gasteiger partial charge in [0.05, 0.1) is 0 Å². The molecule has 0 saturated heterocycles. The Balaban J connectivity index is 1.15. The van der Waals surface area contributed by atoms with Crippen LogP contribution < -0.4 is 0 Å². The van der Waals surface area contributed by atoms with Gasteiger partial charge in [-0.05, 0) is 127 Å². The van der Waals surface area contributed by atoms with Crippen LogP contribution in [0.3, 0.4) is 0 Å². The summed E-state index contributed by atoms with van der Waals surface area (Å²) >= 11 is 0. The van der Waals surface area contributed by atoms with Crippen LogP contribution in [0.4, 0.5) is 0 Å². The molecule has 0 fully saturated rings. The minimum Gasteiger partial charge on any atom is -0.0622 e. The number of benzene rings is 7. The Labute approximate surface area is 303 Å². The molecule has 0 heterocycles. The molecule has 0 unspecified atom stereocenters. The van der Waals surface area contributed by atoms with Gasteiger partial charge in [0.25, 0.3) is 0 Å². The van der Waals surface area contributed by atoms with E-state index in [2.05, 4.69) is 187 Å². The first-order chi connectivity index (χ1) is 24.6. The van der Waals surface area contributed by atoms with Gasteiger partial charge in [0.1, 0.15) is 0 Å². The number of hydrogen-bond acceptors (Lipinski definition) is 0. The smallest absolute Gasteiger partial charge is 0.0159 e. The van der Waals surface area contributed by atoms with Gasteiger partial charge in [0, 0.05) is 10.8 Å². The largest absolute Gasteiger partial charge is 0.0622 e. The molecular formula is C51H44. The fraction of sp³-hybridized carbons (Fsp3) is 0.176. The van der Waals surface area contributed by atoms with Crippen molar-refractivity contribution in [2.75, 3.05) is 0 Å². The van der Waals surface area contributed by atoms with Crippen molar-refractivity contribution >= 4 is 0 Å². The summed E-state index contributed by atoms with van der Waals surface area (Å²) in [7, 11) is 0. The first-order valence-electron chi connectivity index (χ1n) is 18.4. The Hall–Kier alpha value is -5.46. The molecule has 248 valence electrons. The van der Waals surface area contributed by atoms with Crippen LogP contribution in [-0.2, 0) is 17.3 Å². The van der Waals surface area contributed by atoms with Crippen LogP contribution in [0.2, 0.25) is 0 Å². The van der Waals surface area contributed by atoms with Crippen LogP contribution in [0.1, 0.15) is 72.2 Å². The average Bonchev–Trinajstić information content (AvgIpc) is 3.50. The highest BCUT2D eigenvalue weighted by atomic mass is 14.5. The molecule has 7 aromatic rings. The van der Waals surface area contributed by atoms with Crippen LogP contribution in [0.5, 0.6) is 0 Å². The summed E-state index contributed by atoms with van der Waals surface area (Å²) in [6.07, 6.45) is 0.875. The third-order valence-electron chi connectivity index (χ3n) is 12.0. The highest BCUT2D eigenvalue weighted by Crippen LogP contribution is 2.57. The molecule has 0 amide bonds. The minimum absolute atomic E-state index is 0.0776. The molecule has 51 heavy (non-hydrogen) atoms. The number of hydrogen-bond donors (Lipinski definition) is 0. The van der Waals surface area contributed by atoms with Crippen molar-refractivity contribution < 1.29 is 0 Å². The molecule has 2 aliphatic carbocycles. The van der Waals surface area contributed by atoms with Crippen molar-refractivity contribution in [3.05, 3.63) is 190 Å². The van der Waals surface area contributed by atoms with Gasteiger partial charge in [-0.25, -0.2) is 0 Å². The normalized spacial score (nSPS) is 14.5. The summed E-state index contributed by atoms with van der Waals surface area (Å²) in [4.78, 5) is 0. The fourth-order valence-corrected chi connectivity index (χ4v) is 9.05. The lowest BCUT2D eigenvalue weighted by atomic mass is 9.79. The molecule has 0 radical (unpaired) electrons. The van der Waals surface area contributed by atoms with Gasteiger partial charge in [-0.3, -0.25) is 0 Å². The van der Waals surface area contributed by atoms with E-state index in [4.69, 9.17) is 0 Å². The van der Waals surface area contributed by atoms with Gasteiger partial charge in [-0.15, -0.1) is 0 Å². The monoisotopic (exact) mass is 656 g/mol. The Kier molecular flexibility index (Phi) is 7.13. The van der Waals surface area contributed by atoms with E-state index >= 15 is 0 Å². The summed E-state index contributed by atoms with van der Waals surface area (Å²) < 4.78 is 0. The zero-order valence-corrected chi connectivity index (χ0v) is 30.6. The third-order valence-corrected chi connectivity index (χ3v) is 12.0. The maximum absolute atomic E-state index is 2.55. The van der Waals surface area contributed by atoms with E-state index in [0.717, 1.165) is 6.42 Å². The number of fused-ring (bicyclic) bond motifs is 6. The first-order valence-corrected chi connectivity index (χ1v) is 18.4. The first kappa shape index (κ1) is 31.5. The van der Waals surface area contributed by atoms with Crippen LogP contribution in [0, 0.1) is 13.8 Å². The van der Waals surface area contributed by atoms with E-state index in [0.29, 0.717) is 0 Å². The van der Waals surface area contributed by atoms with Gasteiger partial charge < -0.3 is 0 Å². The second kappa shape index (κ2) is 11.5. The molecule has 0 N–H and O–H groups in total. The lowest BCUT2D eigenvalue weighted by molar-refractivity contribution is 0.651. The van der Waals surface area contributed by atoms with E-state index < -0.39 is 0 Å². The highest BCUT2D eigenvalue weighted by Gasteiger charge is 2.42. The summed E-state index contributed by atoms with van der Waals surface area (Å²) in [5.74, 6) is 0. The lowest BCUT2D eigenvalue weighted by Gasteiger charge is -2.24. The van der Waals surface area contributed by atoms with Crippen LogP contribution in [0.15, 0.2) is 146 Å². The highest BCUT2D eigenvalue weighted by molar-refractivity contribution is 5.96. The molecule has 0 atom stereocenters. The third kappa shape index (κ3) is 4.96. The summed E-state index contributed by atoms with van der Waals surface area (Å²) in [5, 5.41) is 0.